The van der Waals surface area contributed by atoms with Crippen molar-refractivity contribution in [3.05, 3.63) is 236 Å². The predicted octanol–water partition coefficient (Wildman–Crippen LogP) is 6.17. The van der Waals surface area contributed by atoms with Crippen LogP contribution in [0.2, 0.25) is 0 Å². The van der Waals surface area contributed by atoms with E-state index in [9.17, 15) is 56.4 Å². The molecule has 562 valence electrons. The van der Waals surface area contributed by atoms with E-state index in [0.29, 0.717) is 22.3 Å². The molecule has 5 aliphatic rings. The Morgan fingerprint density at radius 1 is 0.371 bits per heavy atom. The van der Waals surface area contributed by atoms with Crippen molar-refractivity contribution >= 4 is 11.9 Å². The van der Waals surface area contributed by atoms with Gasteiger partial charge < -0.3 is 112 Å². The van der Waals surface area contributed by atoms with Crippen LogP contribution in [0.1, 0.15) is 40.3 Å². The minimum absolute atomic E-state index is 0.00449. The van der Waals surface area contributed by atoms with Gasteiger partial charge in [0.25, 0.3) is 0 Å². The van der Waals surface area contributed by atoms with Crippen LogP contribution in [0, 0.1) is 5.92 Å². The Morgan fingerprint density at radius 3 is 1.11 bits per heavy atom. The lowest BCUT2D eigenvalue weighted by Gasteiger charge is -2.51. The van der Waals surface area contributed by atoms with Gasteiger partial charge in [0, 0.05) is 22.9 Å². The molecule has 0 aliphatic carbocycles. The van der Waals surface area contributed by atoms with Crippen LogP contribution >= 0.6 is 0 Å². The Hall–Kier alpha value is -7.96. The third-order valence-corrected chi connectivity index (χ3v) is 18.7. The number of nitrogens with zero attached hydrogens (tertiary/aromatic N) is 6. The molecule has 0 saturated carbocycles. The molecule has 6 aromatic rings. The molecule has 31 heteroatoms. The Bertz CT molecular complexity index is 3720. The van der Waals surface area contributed by atoms with Crippen LogP contribution in [0.15, 0.2) is 192 Å². The predicted molar refractivity (Wildman–Crippen MR) is 363 cm³/mol. The van der Waals surface area contributed by atoms with Gasteiger partial charge in [-0.25, -0.2) is 9.59 Å². The van der Waals surface area contributed by atoms with Crippen LogP contribution in [0.5, 0.6) is 0 Å². The normalized spacial score (nSPS) is 33.3. The van der Waals surface area contributed by atoms with Crippen molar-refractivity contribution in [1.29, 1.82) is 0 Å². The molecule has 31 nitrogen and oxygen atoms in total. The lowest BCUT2D eigenvalue weighted by molar-refractivity contribution is -0.383. The number of aliphatic hydroxyl groups is 5. The van der Waals surface area contributed by atoms with Gasteiger partial charge in [-0.15, -0.1) is 0 Å². The number of ether oxygens (including phenoxy) is 16. The van der Waals surface area contributed by atoms with E-state index in [-0.39, 0.29) is 39.6 Å². The highest BCUT2D eigenvalue weighted by Gasteiger charge is 2.60. The second-order valence-corrected chi connectivity index (χ2v) is 25.6. The largest absolute Gasteiger partial charge is 0.479 e. The number of azide groups is 2. The fraction of sp³-hybridized carbons (Fsp3) is 0.486. The zero-order chi connectivity index (χ0) is 73.8. The summed E-state index contributed by atoms with van der Waals surface area (Å²) in [5.41, 5.74) is 24.6. The van der Waals surface area contributed by atoms with Gasteiger partial charge in [-0.2, -0.15) is 0 Å². The lowest BCUT2D eigenvalue weighted by Crippen LogP contribution is -2.68. The summed E-state index contributed by atoms with van der Waals surface area (Å²) in [5, 5.41) is 89.1. The van der Waals surface area contributed by atoms with E-state index >= 15 is 0 Å². The average Bonchev–Trinajstić information content (AvgIpc) is 0.759. The molecule has 25 atom stereocenters. The van der Waals surface area contributed by atoms with Crippen molar-refractivity contribution in [3.8, 4) is 0 Å². The summed E-state index contributed by atoms with van der Waals surface area (Å²) >= 11 is 0. The standard InChI is InChI=1S/C74H86N6O25/c1-42-56(91-36-43-21-9-3-10-22-43)59(51(35-83)97-70(42)90-2)101-73-55(85)61(94-39-46-27-15-6-16-28-46)63(65(104-73)68(86)87)102-71-52(77-79-75)54(84)57(49(33-81)98-71)100-74-67(96-41-48-31-19-8-20-32-48)62(95-40-47-29-17-7-18-30-47)64(66(105-74)69(88)89)103-72-53(78-80-76)60(93-38-45-25-13-5-14-26-45)58(50(34-82)99-72)92-37-44-23-11-4-12-24-44/h3-32,42,49-67,70-74,81-85H,33-41H2,1-2H3,(H,86,87)(H,88,89)/t42-,49?,50?,51?,52-,53?,54?,55?,56?,57+,58+,59+,60+,61-,62-,63-,64-,65?,66?,67?,70-,71+,72+,73+,74+/m0/s1. The Morgan fingerprint density at radius 2 is 0.695 bits per heavy atom. The summed E-state index contributed by atoms with van der Waals surface area (Å²) in [6.07, 6.45) is -36.5. The first-order valence-electron chi connectivity index (χ1n) is 34.3. The number of aliphatic hydroxyl groups excluding tert-OH is 5. The van der Waals surface area contributed by atoms with Crippen molar-refractivity contribution in [2.75, 3.05) is 26.9 Å². The van der Waals surface area contributed by atoms with Gasteiger partial charge in [-0.05, 0) is 44.4 Å². The monoisotopic (exact) mass is 1460 g/mol. The summed E-state index contributed by atoms with van der Waals surface area (Å²) in [4.78, 5) is 34.0. The molecule has 7 N–H and O–H groups in total. The number of carbonyl (C=O) groups is 2. The third-order valence-electron chi connectivity index (χ3n) is 18.7. The number of rotatable bonds is 34. The van der Waals surface area contributed by atoms with E-state index < -0.39 is 185 Å². The number of hydrogen-bond acceptors (Lipinski definition) is 25. The van der Waals surface area contributed by atoms with E-state index in [0.717, 1.165) is 11.1 Å². The molecule has 5 saturated heterocycles. The van der Waals surface area contributed by atoms with E-state index in [1.807, 2.05) is 78.9 Å². The average molecular weight is 1460 g/mol. The maximum atomic E-state index is 14.1. The summed E-state index contributed by atoms with van der Waals surface area (Å²) in [6.45, 7) is -1.42. The van der Waals surface area contributed by atoms with Crippen molar-refractivity contribution in [3.63, 3.8) is 0 Å². The Kier molecular flexibility index (Phi) is 28.7. The first-order valence-corrected chi connectivity index (χ1v) is 34.3. The number of benzene rings is 6. The molecule has 0 amide bonds. The summed E-state index contributed by atoms with van der Waals surface area (Å²) < 4.78 is 103. The van der Waals surface area contributed by atoms with Gasteiger partial charge >= 0.3 is 11.9 Å². The summed E-state index contributed by atoms with van der Waals surface area (Å²) in [7, 11) is 1.42. The van der Waals surface area contributed by atoms with Crippen LogP contribution in [0.3, 0.4) is 0 Å². The molecule has 0 radical (unpaired) electrons. The van der Waals surface area contributed by atoms with Gasteiger partial charge in [0.2, 0.25) is 0 Å². The summed E-state index contributed by atoms with van der Waals surface area (Å²) in [6, 6.07) is 50.0. The first kappa shape index (κ1) is 78.1. The second-order valence-electron chi connectivity index (χ2n) is 25.6. The fourth-order valence-corrected chi connectivity index (χ4v) is 13.4. The molecule has 6 aromatic carbocycles. The van der Waals surface area contributed by atoms with Crippen LogP contribution in [-0.2, 0) is 125 Å². The number of aliphatic carboxylic acids is 2. The van der Waals surface area contributed by atoms with Gasteiger partial charge in [-0.3, -0.25) is 0 Å². The maximum absolute atomic E-state index is 14.1. The Labute approximate surface area is 604 Å². The molecule has 0 spiro atoms. The molecule has 5 fully saturated rings. The van der Waals surface area contributed by atoms with Gasteiger partial charge in [0.1, 0.15) is 91.4 Å². The van der Waals surface area contributed by atoms with Crippen LogP contribution in [0.25, 0.3) is 20.9 Å². The third kappa shape index (κ3) is 19.6. The molecule has 11 rings (SSSR count). The van der Waals surface area contributed by atoms with Crippen LogP contribution < -0.4 is 0 Å². The highest BCUT2D eigenvalue weighted by Crippen LogP contribution is 2.41. The highest BCUT2D eigenvalue weighted by atomic mass is 16.8. The molecule has 0 bridgehead atoms. The van der Waals surface area contributed by atoms with E-state index in [1.54, 1.807) is 110 Å². The van der Waals surface area contributed by atoms with Crippen LogP contribution in [-0.4, -0.2) is 222 Å². The zero-order valence-corrected chi connectivity index (χ0v) is 57.3. The molecule has 0 aromatic heterocycles. The molecule has 10 unspecified atom stereocenters. The molecule has 5 aliphatic heterocycles. The van der Waals surface area contributed by atoms with Crippen molar-refractivity contribution in [2.24, 2.45) is 16.1 Å². The topological polar surface area (TPSA) is 421 Å². The number of hydrogen-bond donors (Lipinski definition) is 7. The summed E-state index contributed by atoms with van der Waals surface area (Å²) in [5.74, 6) is -3.96. The van der Waals surface area contributed by atoms with Gasteiger partial charge in [-0.1, -0.05) is 199 Å². The number of methoxy groups -OCH3 is 1. The molecular formula is C74H86N6O25. The van der Waals surface area contributed by atoms with Crippen molar-refractivity contribution in [1.82, 2.24) is 0 Å². The molecule has 105 heavy (non-hydrogen) atoms. The van der Waals surface area contributed by atoms with Gasteiger partial charge in [0.05, 0.1) is 71.7 Å². The van der Waals surface area contributed by atoms with Crippen LogP contribution in [0.4, 0.5) is 0 Å². The fourth-order valence-electron chi connectivity index (χ4n) is 13.4. The Balaban J connectivity index is 0.909. The molecule has 5 heterocycles. The molecular weight excluding hydrogens is 1370 g/mol. The maximum Gasteiger partial charge on any atom is 0.335 e. The second kappa shape index (κ2) is 38.5. The lowest BCUT2D eigenvalue weighted by atomic mass is 9.91. The van der Waals surface area contributed by atoms with Crippen molar-refractivity contribution < 1.29 is 121 Å². The minimum Gasteiger partial charge on any atom is -0.479 e. The number of carboxylic acids is 2. The SMILES string of the molecule is CO[C@H]1OC(CO)[C@@H](O[C@@H]2OC(C(=O)O)[C@@H](O[C@H]3OC(CO)[C@@H](O[C@@H]4OC(C(=O)O)[C@@H](O[C@H]5OC(CO)[C@@H](OCc6ccccc6)[C@H](OCc6ccccc6)C5N=[N+]=[N-])[C@H](OCc5ccccc5)C4OCc4ccccc4)C(O)[C@@H]3N=[N+]=[N-])[C@@H](OCc3ccccc3)C2O)C(OCc2ccccc2)[C@@H]1C. The number of carboxylic acid groups (broad SMARTS) is 2. The van der Waals surface area contributed by atoms with Gasteiger partial charge in [0.15, 0.2) is 43.7 Å². The minimum atomic E-state index is -2.16. The smallest absolute Gasteiger partial charge is 0.335 e. The first-order chi connectivity index (χ1) is 51.2. The van der Waals surface area contributed by atoms with Crippen molar-refractivity contribution in [2.45, 2.75) is 194 Å². The zero-order valence-electron chi connectivity index (χ0n) is 57.3. The highest BCUT2D eigenvalue weighted by molar-refractivity contribution is 5.74. The van der Waals surface area contributed by atoms with E-state index in [1.165, 1.54) is 7.11 Å². The quantitative estimate of drug-likeness (QED) is 0.0135. The van der Waals surface area contributed by atoms with E-state index in [2.05, 4.69) is 20.1 Å². The van der Waals surface area contributed by atoms with E-state index in [4.69, 9.17) is 75.8 Å².